The molecule has 6 nitrogen and oxygen atoms in total. The lowest BCUT2D eigenvalue weighted by Crippen LogP contribution is -2.57. The summed E-state index contributed by atoms with van der Waals surface area (Å²) >= 11 is 9.67. The third-order valence-electron chi connectivity index (χ3n) is 5.00. The number of piperazine rings is 1. The number of anilines is 1. The largest absolute Gasteiger partial charge is 0.444 e. The smallest absolute Gasteiger partial charge is 0.410 e. The molecule has 8 heteroatoms. The van der Waals surface area contributed by atoms with E-state index in [1.54, 1.807) is 0 Å². The van der Waals surface area contributed by atoms with Crippen molar-refractivity contribution in [1.29, 1.82) is 0 Å². The molecule has 1 aromatic heterocycles. The molecule has 2 saturated heterocycles. The van der Waals surface area contributed by atoms with E-state index in [1.807, 2.05) is 43.9 Å². The summed E-state index contributed by atoms with van der Waals surface area (Å²) in [5, 5.41) is 1.20. The van der Waals surface area contributed by atoms with Crippen LogP contribution in [0.3, 0.4) is 0 Å². The first-order valence-electron chi connectivity index (χ1n) is 9.10. The molecule has 0 unspecified atom stereocenters. The first kappa shape index (κ1) is 18.7. The SMILES string of the molecule is CC(C)(C)OC(=O)N1[C@@H]2CC[C@H]1CN(c1nc(Cl)nc3cc(Br)ccc13)C2. The highest BCUT2D eigenvalue weighted by atomic mass is 79.9. The van der Waals surface area contributed by atoms with Gasteiger partial charge in [0.25, 0.3) is 0 Å². The van der Waals surface area contributed by atoms with Crippen molar-refractivity contribution in [1.82, 2.24) is 14.9 Å². The Morgan fingerprint density at radius 2 is 1.89 bits per heavy atom. The molecule has 2 atom stereocenters. The van der Waals surface area contributed by atoms with Crippen molar-refractivity contribution < 1.29 is 9.53 Å². The van der Waals surface area contributed by atoms with Crippen LogP contribution in [0, 0.1) is 0 Å². The molecule has 2 bridgehead atoms. The Balaban J connectivity index is 1.62. The maximum Gasteiger partial charge on any atom is 0.410 e. The zero-order chi connectivity index (χ0) is 19.3. The molecule has 0 aliphatic carbocycles. The average molecular weight is 454 g/mol. The minimum Gasteiger partial charge on any atom is -0.444 e. The number of carbonyl (C=O) groups excluding carboxylic acids is 1. The maximum absolute atomic E-state index is 12.7. The van der Waals surface area contributed by atoms with E-state index in [4.69, 9.17) is 16.3 Å². The van der Waals surface area contributed by atoms with E-state index in [9.17, 15) is 4.79 Å². The highest BCUT2D eigenvalue weighted by molar-refractivity contribution is 9.10. The quantitative estimate of drug-likeness (QED) is 0.589. The van der Waals surface area contributed by atoms with E-state index in [0.717, 1.165) is 34.0 Å². The topological polar surface area (TPSA) is 58.6 Å². The van der Waals surface area contributed by atoms with Gasteiger partial charge in [-0.2, -0.15) is 4.98 Å². The number of ether oxygens (including phenoxy) is 1. The number of hydrogen-bond acceptors (Lipinski definition) is 5. The van der Waals surface area contributed by atoms with Gasteiger partial charge >= 0.3 is 6.09 Å². The third kappa shape index (κ3) is 3.72. The number of nitrogens with zero attached hydrogens (tertiary/aromatic N) is 4. The predicted molar refractivity (Wildman–Crippen MR) is 109 cm³/mol. The number of carbonyl (C=O) groups is 1. The summed E-state index contributed by atoms with van der Waals surface area (Å²) in [6, 6.07) is 6.18. The van der Waals surface area contributed by atoms with Crippen molar-refractivity contribution in [3.8, 4) is 0 Å². The Hall–Kier alpha value is -1.60. The monoisotopic (exact) mass is 452 g/mol. The number of halogens is 2. The van der Waals surface area contributed by atoms with Gasteiger partial charge in [0.05, 0.1) is 17.6 Å². The molecule has 144 valence electrons. The number of amides is 1. The van der Waals surface area contributed by atoms with Crippen LogP contribution in [0.15, 0.2) is 22.7 Å². The van der Waals surface area contributed by atoms with Crippen LogP contribution in [0.25, 0.3) is 10.9 Å². The van der Waals surface area contributed by atoms with Gasteiger partial charge in [-0.3, -0.25) is 4.90 Å². The minimum absolute atomic E-state index is 0.123. The zero-order valence-electron chi connectivity index (χ0n) is 15.6. The summed E-state index contributed by atoms with van der Waals surface area (Å²) in [7, 11) is 0. The van der Waals surface area contributed by atoms with Crippen molar-refractivity contribution in [2.45, 2.75) is 51.3 Å². The van der Waals surface area contributed by atoms with Crippen LogP contribution in [0.5, 0.6) is 0 Å². The van der Waals surface area contributed by atoms with E-state index in [1.165, 1.54) is 0 Å². The summed E-state index contributed by atoms with van der Waals surface area (Å²) in [5.74, 6) is 0.832. The van der Waals surface area contributed by atoms with Gasteiger partial charge in [-0.25, -0.2) is 9.78 Å². The summed E-state index contributed by atoms with van der Waals surface area (Å²) in [5.41, 5.74) is 0.318. The molecule has 2 aliphatic rings. The molecule has 4 rings (SSSR count). The van der Waals surface area contributed by atoms with Crippen LogP contribution in [0.1, 0.15) is 33.6 Å². The van der Waals surface area contributed by atoms with Gasteiger partial charge in [0.1, 0.15) is 11.4 Å². The predicted octanol–water partition coefficient (Wildman–Crippen LogP) is 4.63. The Labute approximate surface area is 172 Å². The molecule has 2 fully saturated rings. The van der Waals surface area contributed by atoms with E-state index in [-0.39, 0.29) is 23.5 Å². The molecular weight excluding hydrogens is 432 g/mol. The van der Waals surface area contributed by atoms with Crippen molar-refractivity contribution in [3.63, 3.8) is 0 Å². The van der Waals surface area contributed by atoms with Gasteiger partial charge in [-0.15, -0.1) is 0 Å². The number of hydrogen-bond donors (Lipinski definition) is 0. The van der Waals surface area contributed by atoms with Crippen LogP contribution >= 0.6 is 27.5 Å². The number of benzene rings is 1. The highest BCUT2D eigenvalue weighted by Gasteiger charge is 2.44. The van der Waals surface area contributed by atoms with Crippen LogP contribution in [-0.2, 0) is 4.74 Å². The molecule has 2 aromatic rings. The highest BCUT2D eigenvalue weighted by Crippen LogP contribution is 2.36. The van der Waals surface area contributed by atoms with Gasteiger partial charge in [0.2, 0.25) is 5.28 Å². The van der Waals surface area contributed by atoms with Crippen LogP contribution in [0.4, 0.5) is 10.6 Å². The molecule has 0 spiro atoms. The standard InChI is InChI=1S/C19H22BrClN4O2/c1-19(2,3)27-18(26)25-12-5-6-13(25)10-24(9-12)16-14-7-4-11(20)8-15(14)22-17(21)23-16/h4,7-8,12-13H,5-6,9-10H2,1-3H3/t12-,13+. The van der Waals surface area contributed by atoms with Crippen molar-refractivity contribution in [2.24, 2.45) is 0 Å². The lowest BCUT2D eigenvalue weighted by molar-refractivity contribution is 0.0123. The van der Waals surface area contributed by atoms with Crippen LogP contribution in [0.2, 0.25) is 5.28 Å². The summed E-state index contributed by atoms with van der Waals surface area (Å²) in [6.45, 7) is 7.13. The fourth-order valence-corrected chi connectivity index (χ4v) is 4.51. The van der Waals surface area contributed by atoms with E-state index >= 15 is 0 Å². The number of rotatable bonds is 1. The van der Waals surface area contributed by atoms with Crippen LogP contribution < -0.4 is 4.90 Å². The normalized spacial score (nSPS) is 22.4. The molecule has 1 aromatic carbocycles. The lowest BCUT2D eigenvalue weighted by atomic mass is 10.1. The maximum atomic E-state index is 12.7. The number of fused-ring (bicyclic) bond motifs is 3. The summed E-state index contributed by atoms with van der Waals surface area (Å²) < 4.78 is 6.57. The second kappa shape index (κ2) is 6.78. The molecule has 0 radical (unpaired) electrons. The van der Waals surface area contributed by atoms with Crippen molar-refractivity contribution in [3.05, 3.63) is 28.0 Å². The molecule has 0 N–H and O–H groups in total. The average Bonchev–Trinajstić information content (AvgIpc) is 2.82. The van der Waals surface area contributed by atoms with Crippen molar-refractivity contribution >= 4 is 50.3 Å². The lowest BCUT2D eigenvalue weighted by Gasteiger charge is -2.42. The van der Waals surface area contributed by atoms with Crippen LogP contribution in [-0.4, -0.2) is 51.7 Å². The first-order chi connectivity index (χ1) is 12.7. The summed E-state index contributed by atoms with van der Waals surface area (Å²) in [6.07, 6.45) is 1.73. The van der Waals surface area contributed by atoms with Gasteiger partial charge in [0, 0.05) is 22.9 Å². The zero-order valence-corrected chi connectivity index (χ0v) is 17.9. The fraction of sp³-hybridized carbons (Fsp3) is 0.526. The van der Waals surface area contributed by atoms with E-state index in [0.29, 0.717) is 13.1 Å². The molecular formula is C19H22BrClN4O2. The number of aromatic nitrogens is 2. The Morgan fingerprint density at radius 3 is 2.52 bits per heavy atom. The molecule has 3 heterocycles. The van der Waals surface area contributed by atoms with E-state index < -0.39 is 5.60 Å². The summed E-state index contributed by atoms with van der Waals surface area (Å²) in [4.78, 5) is 25.7. The Kier molecular flexibility index (Phi) is 4.71. The molecule has 27 heavy (non-hydrogen) atoms. The molecule has 1 amide bonds. The van der Waals surface area contributed by atoms with Gasteiger partial charge < -0.3 is 9.64 Å². The molecule has 0 saturated carbocycles. The van der Waals surface area contributed by atoms with Gasteiger partial charge in [0.15, 0.2) is 0 Å². The Bertz CT molecular complexity index is 882. The first-order valence-corrected chi connectivity index (χ1v) is 10.3. The second-order valence-corrected chi connectivity index (χ2v) is 9.41. The molecule has 2 aliphatic heterocycles. The fourth-order valence-electron chi connectivity index (χ4n) is 3.99. The Morgan fingerprint density at radius 1 is 1.22 bits per heavy atom. The second-order valence-electron chi connectivity index (χ2n) is 8.16. The van der Waals surface area contributed by atoms with Gasteiger partial charge in [-0.05, 0) is 63.4 Å². The van der Waals surface area contributed by atoms with Crippen molar-refractivity contribution in [2.75, 3.05) is 18.0 Å². The minimum atomic E-state index is -0.489. The van der Waals surface area contributed by atoms with Gasteiger partial charge in [-0.1, -0.05) is 15.9 Å². The third-order valence-corrected chi connectivity index (χ3v) is 5.66. The van der Waals surface area contributed by atoms with E-state index in [2.05, 4.69) is 30.8 Å².